The number of ether oxygens (including phenoxy) is 1. The number of aryl methyl sites for hydroxylation is 1. The number of non-ortho nitro benzene ring substituents is 1. The Kier molecular flexibility index (Phi) is 7.44. The number of hydrogen-bond acceptors (Lipinski definition) is 4. The van der Waals surface area contributed by atoms with Gasteiger partial charge in [0.05, 0.1) is 23.7 Å². The second-order valence-corrected chi connectivity index (χ2v) is 8.89. The van der Waals surface area contributed by atoms with Crippen LogP contribution < -0.4 is 4.74 Å². The monoisotopic (exact) mass is 622 g/mol. The molecule has 0 fully saturated rings. The molecule has 3 aromatic rings. The molecule has 0 saturated carbocycles. The number of rotatable bonds is 6. The molecule has 0 bridgehead atoms. The number of halogens is 2. The zero-order chi connectivity index (χ0) is 21.7. The van der Waals surface area contributed by atoms with E-state index < -0.39 is 4.92 Å². The van der Waals surface area contributed by atoms with Gasteiger partial charge in [-0.15, -0.1) is 0 Å². The van der Waals surface area contributed by atoms with Crippen molar-refractivity contribution in [2.24, 2.45) is 0 Å². The average Bonchev–Trinajstić information content (AvgIpc) is 2.72. The molecule has 0 aliphatic carbocycles. The van der Waals surface area contributed by atoms with E-state index in [0.717, 1.165) is 35.1 Å². The molecule has 30 heavy (non-hydrogen) atoms. The van der Waals surface area contributed by atoms with Crippen molar-refractivity contribution >= 4 is 62.5 Å². The molecule has 7 heteroatoms. The van der Waals surface area contributed by atoms with Crippen LogP contribution in [0.4, 0.5) is 5.69 Å². The van der Waals surface area contributed by atoms with E-state index in [1.807, 2.05) is 49.4 Å². The van der Waals surface area contributed by atoms with Crippen molar-refractivity contribution in [2.45, 2.75) is 13.5 Å². The third-order valence-electron chi connectivity index (χ3n) is 4.34. The van der Waals surface area contributed by atoms with Crippen LogP contribution in [0.2, 0.25) is 0 Å². The highest BCUT2D eigenvalue weighted by molar-refractivity contribution is 14.1. The topological polar surface area (TPSA) is 76.2 Å². The Bertz CT molecular complexity index is 1130. The number of nitrogens with zero attached hydrogens (tertiary/aromatic N) is 2. The molecule has 5 nitrogen and oxygen atoms in total. The molecular formula is C23H16I2N2O3. The van der Waals surface area contributed by atoms with Crippen LogP contribution in [-0.2, 0) is 6.61 Å². The van der Waals surface area contributed by atoms with Crippen molar-refractivity contribution in [3.8, 4) is 11.8 Å². The second kappa shape index (κ2) is 10.0. The molecule has 0 amide bonds. The first kappa shape index (κ1) is 22.2. The molecule has 0 spiro atoms. The Morgan fingerprint density at radius 2 is 1.70 bits per heavy atom. The number of nitriles is 1. The Balaban J connectivity index is 1.80. The van der Waals surface area contributed by atoms with E-state index in [1.165, 1.54) is 12.1 Å². The molecule has 0 unspecified atom stereocenters. The van der Waals surface area contributed by atoms with Crippen molar-refractivity contribution in [1.29, 1.82) is 5.26 Å². The van der Waals surface area contributed by atoms with Crippen LogP contribution in [0.25, 0.3) is 11.6 Å². The average molecular weight is 622 g/mol. The van der Waals surface area contributed by atoms with Gasteiger partial charge >= 0.3 is 0 Å². The van der Waals surface area contributed by atoms with Gasteiger partial charge in [-0.2, -0.15) is 5.26 Å². The summed E-state index contributed by atoms with van der Waals surface area (Å²) in [6.45, 7) is 2.33. The molecule has 0 radical (unpaired) electrons. The molecule has 0 aliphatic heterocycles. The van der Waals surface area contributed by atoms with Gasteiger partial charge in [-0.1, -0.05) is 29.8 Å². The van der Waals surface area contributed by atoms with Gasteiger partial charge in [-0.25, -0.2) is 0 Å². The SMILES string of the molecule is Cc1ccc(/C(C#N)=C\c2cc(I)c(OCc3ccc([N+](=O)[O-])cc3)c(I)c2)cc1. The molecule has 0 aromatic heterocycles. The molecule has 0 aliphatic rings. The maximum absolute atomic E-state index is 10.8. The first-order valence-electron chi connectivity index (χ1n) is 8.91. The lowest BCUT2D eigenvalue weighted by Gasteiger charge is -2.12. The van der Waals surface area contributed by atoms with E-state index in [-0.39, 0.29) is 5.69 Å². The minimum absolute atomic E-state index is 0.0564. The van der Waals surface area contributed by atoms with Gasteiger partial charge in [0.25, 0.3) is 5.69 Å². The lowest BCUT2D eigenvalue weighted by atomic mass is 10.0. The summed E-state index contributed by atoms with van der Waals surface area (Å²) < 4.78 is 7.82. The van der Waals surface area contributed by atoms with Crippen LogP contribution in [0, 0.1) is 35.5 Å². The van der Waals surface area contributed by atoms with Crippen molar-refractivity contribution < 1.29 is 9.66 Å². The van der Waals surface area contributed by atoms with Crippen LogP contribution in [-0.4, -0.2) is 4.92 Å². The molecule has 0 saturated heterocycles. The molecule has 150 valence electrons. The standard InChI is InChI=1S/C23H16I2N2O3/c1-15-2-6-18(7-3-15)19(13-26)10-17-11-21(24)23(22(25)12-17)30-14-16-4-8-20(9-5-16)27(28)29/h2-12H,14H2,1H3/b19-10-. The highest BCUT2D eigenvalue weighted by Gasteiger charge is 2.11. The summed E-state index contributed by atoms with van der Waals surface area (Å²) in [5, 5.41) is 20.3. The van der Waals surface area contributed by atoms with Crippen molar-refractivity contribution in [3.63, 3.8) is 0 Å². The number of allylic oxidation sites excluding steroid dienone is 1. The summed E-state index contributed by atoms with van der Waals surface area (Å²) in [7, 11) is 0. The lowest BCUT2D eigenvalue weighted by Crippen LogP contribution is -2.00. The second-order valence-electron chi connectivity index (χ2n) is 6.56. The summed E-state index contributed by atoms with van der Waals surface area (Å²) in [5.74, 6) is 0.751. The van der Waals surface area contributed by atoms with E-state index in [9.17, 15) is 15.4 Å². The van der Waals surface area contributed by atoms with E-state index in [0.29, 0.717) is 12.2 Å². The predicted octanol–water partition coefficient (Wildman–Crippen LogP) is 6.76. The number of nitro groups is 1. The first-order valence-corrected chi connectivity index (χ1v) is 11.1. The smallest absolute Gasteiger partial charge is 0.269 e. The van der Waals surface area contributed by atoms with Crippen LogP contribution in [0.1, 0.15) is 22.3 Å². The van der Waals surface area contributed by atoms with Gasteiger partial charge in [-0.05, 0) is 99.1 Å². The highest BCUT2D eigenvalue weighted by atomic mass is 127. The van der Waals surface area contributed by atoms with Gasteiger partial charge in [0.15, 0.2) is 0 Å². The van der Waals surface area contributed by atoms with E-state index in [1.54, 1.807) is 12.1 Å². The molecule has 3 aromatic carbocycles. The number of benzene rings is 3. The Labute approximate surface area is 201 Å². The van der Waals surface area contributed by atoms with Crippen molar-refractivity contribution in [2.75, 3.05) is 0 Å². The normalized spacial score (nSPS) is 11.1. The molecule has 3 rings (SSSR count). The Morgan fingerprint density at radius 1 is 1.10 bits per heavy atom. The fourth-order valence-electron chi connectivity index (χ4n) is 2.75. The quantitative estimate of drug-likeness (QED) is 0.100. The molecule has 0 heterocycles. The molecular weight excluding hydrogens is 606 g/mol. The minimum atomic E-state index is -0.422. The zero-order valence-corrected chi connectivity index (χ0v) is 20.2. The fraction of sp³-hybridized carbons (Fsp3) is 0.0870. The van der Waals surface area contributed by atoms with Gasteiger partial charge in [-0.3, -0.25) is 10.1 Å². The largest absolute Gasteiger partial charge is 0.487 e. The molecule has 0 atom stereocenters. The number of nitro benzene ring substituents is 1. The lowest BCUT2D eigenvalue weighted by molar-refractivity contribution is -0.384. The van der Waals surface area contributed by atoms with Crippen LogP contribution in [0.15, 0.2) is 60.7 Å². The summed E-state index contributed by atoms with van der Waals surface area (Å²) in [6, 6.07) is 20.4. The van der Waals surface area contributed by atoms with Gasteiger partial charge in [0.1, 0.15) is 12.4 Å². The van der Waals surface area contributed by atoms with Gasteiger partial charge in [0, 0.05) is 12.1 Å². The van der Waals surface area contributed by atoms with Gasteiger partial charge in [0.2, 0.25) is 0 Å². The van der Waals surface area contributed by atoms with Gasteiger partial charge < -0.3 is 4.74 Å². The van der Waals surface area contributed by atoms with Crippen molar-refractivity contribution in [3.05, 3.63) is 100 Å². The summed E-state index contributed by atoms with van der Waals surface area (Å²) in [6.07, 6.45) is 1.87. The Hall–Kier alpha value is -2.45. The predicted molar refractivity (Wildman–Crippen MR) is 134 cm³/mol. The van der Waals surface area contributed by atoms with Crippen LogP contribution >= 0.6 is 45.2 Å². The third-order valence-corrected chi connectivity index (χ3v) is 5.95. The molecule has 0 N–H and O–H groups in total. The summed E-state index contributed by atoms with van der Waals surface area (Å²) in [5.41, 5.74) is 4.45. The first-order chi connectivity index (χ1) is 14.4. The fourth-order valence-corrected chi connectivity index (χ4v) is 4.88. The maximum Gasteiger partial charge on any atom is 0.269 e. The zero-order valence-electron chi connectivity index (χ0n) is 15.9. The van der Waals surface area contributed by atoms with E-state index in [4.69, 9.17) is 4.74 Å². The third kappa shape index (κ3) is 5.58. The summed E-state index contributed by atoms with van der Waals surface area (Å²) in [4.78, 5) is 10.3. The summed E-state index contributed by atoms with van der Waals surface area (Å²) >= 11 is 4.43. The minimum Gasteiger partial charge on any atom is -0.487 e. The van der Waals surface area contributed by atoms with Crippen LogP contribution in [0.5, 0.6) is 5.75 Å². The Morgan fingerprint density at radius 3 is 2.23 bits per heavy atom. The van der Waals surface area contributed by atoms with Crippen LogP contribution in [0.3, 0.4) is 0 Å². The number of hydrogen-bond donors (Lipinski definition) is 0. The maximum atomic E-state index is 10.8. The highest BCUT2D eigenvalue weighted by Crippen LogP contribution is 2.31. The van der Waals surface area contributed by atoms with E-state index in [2.05, 4.69) is 51.3 Å². The van der Waals surface area contributed by atoms with Crippen molar-refractivity contribution in [1.82, 2.24) is 0 Å². The van der Waals surface area contributed by atoms with E-state index >= 15 is 0 Å².